The maximum absolute atomic E-state index is 5.33. The average Bonchev–Trinajstić information content (AvgIpc) is 2.21. The molecule has 2 heteroatoms. The van der Waals surface area contributed by atoms with Crippen molar-refractivity contribution in [1.82, 2.24) is 5.32 Å². The topological polar surface area (TPSA) is 21.3 Å². The first-order valence-electron chi connectivity index (χ1n) is 4.55. The highest BCUT2D eigenvalue weighted by Crippen LogP contribution is 2.22. The van der Waals surface area contributed by atoms with Crippen LogP contribution in [0.5, 0.6) is 5.75 Å². The Bertz CT molecular complexity index is 294. The van der Waals surface area contributed by atoms with Gasteiger partial charge in [-0.3, -0.25) is 0 Å². The van der Waals surface area contributed by atoms with E-state index in [1.807, 2.05) is 38.1 Å². The Morgan fingerprint density at radius 1 is 1.31 bits per heavy atom. The van der Waals surface area contributed by atoms with Gasteiger partial charge in [0.2, 0.25) is 0 Å². The Hall–Kier alpha value is -1.44. The minimum absolute atomic E-state index is 0.628. The fourth-order valence-corrected chi connectivity index (χ4v) is 1.11. The summed E-state index contributed by atoms with van der Waals surface area (Å²) in [5, 5.41) is 3.02. The summed E-state index contributed by atoms with van der Waals surface area (Å²) < 4.78 is 5.33. The van der Waals surface area contributed by atoms with Crippen molar-refractivity contribution < 1.29 is 4.74 Å². The second-order valence-corrected chi connectivity index (χ2v) is 2.49. The SMILES string of the molecule is C=C1NCc2ccccc2O1.CC. The van der Waals surface area contributed by atoms with Gasteiger partial charge in [0, 0.05) is 12.1 Å². The molecule has 2 rings (SSSR count). The summed E-state index contributed by atoms with van der Waals surface area (Å²) in [6, 6.07) is 7.94. The standard InChI is InChI=1S/C9H9NO.C2H6/c1-7-10-6-8-4-2-3-5-9(8)11-7;1-2/h2-5,10H,1,6H2;1-2H3. The van der Waals surface area contributed by atoms with Crippen molar-refractivity contribution in [3.63, 3.8) is 0 Å². The molecule has 0 amide bonds. The van der Waals surface area contributed by atoms with Gasteiger partial charge in [-0.25, -0.2) is 0 Å². The summed E-state index contributed by atoms with van der Waals surface area (Å²) >= 11 is 0. The van der Waals surface area contributed by atoms with E-state index in [1.165, 1.54) is 5.56 Å². The molecule has 0 unspecified atom stereocenters. The molecule has 0 fully saturated rings. The van der Waals surface area contributed by atoms with E-state index in [1.54, 1.807) is 0 Å². The average molecular weight is 177 g/mol. The molecule has 0 atom stereocenters. The largest absolute Gasteiger partial charge is 0.442 e. The van der Waals surface area contributed by atoms with Crippen molar-refractivity contribution in [1.29, 1.82) is 0 Å². The summed E-state index contributed by atoms with van der Waals surface area (Å²) in [4.78, 5) is 0. The van der Waals surface area contributed by atoms with Gasteiger partial charge in [0.1, 0.15) is 5.75 Å². The number of para-hydroxylation sites is 1. The molecule has 1 aliphatic rings. The molecule has 70 valence electrons. The van der Waals surface area contributed by atoms with Gasteiger partial charge in [-0.15, -0.1) is 0 Å². The van der Waals surface area contributed by atoms with E-state index in [2.05, 4.69) is 11.9 Å². The van der Waals surface area contributed by atoms with Gasteiger partial charge in [-0.2, -0.15) is 0 Å². The molecule has 0 saturated heterocycles. The summed E-state index contributed by atoms with van der Waals surface area (Å²) in [6.07, 6.45) is 0. The zero-order valence-electron chi connectivity index (χ0n) is 8.13. The van der Waals surface area contributed by atoms with Crippen LogP contribution >= 0.6 is 0 Å². The molecule has 0 spiro atoms. The summed E-state index contributed by atoms with van der Waals surface area (Å²) in [5.41, 5.74) is 1.18. The van der Waals surface area contributed by atoms with Crippen LogP contribution in [0.3, 0.4) is 0 Å². The zero-order valence-corrected chi connectivity index (χ0v) is 8.13. The smallest absolute Gasteiger partial charge is 0.186 e. The quantitative estimate of drug-likeness (QED) is 0.657. The van der Waals surface area contributed by atoms with E-state index in [9.17, 15) is 0 Å². The van der Waals surface area contributed by atoms with E-state index in [4.69, 9.17) is 4.74 Å². The number of hydrogen-bond acceptors (Lipinski definition) is 2. The molecule has 13 heavy (non-hydrogen) atoms. The highest BCUT2D eigenvalue weighted by atomic mass is 16.5. The molecule has 1 aliphatic heterocycles. The van der Waals surface area contributed by atoms with E-state index in [-0.39, 0.29) is 0 Å². The van der Waals surface area contributed by atoms with Crippen molar-refractivity contribution in [3.05, 3.63) is 42.3 Å². The highest BCUT2D eigenvalue weighted by molar-refractivity contribution is 5.36. The highest BCUT2D eigenvalue weighted by Gasteiger charge is 2.09. The fraction of sp³-hybridized carbons (Fsp3) is 0.273. The monoisotopic (exact) mass is 177 g/mol. The molecule has 2 nitrogen and oxygen atoms in total. The van der Waals surface area contributed by atoms with Gasteiger partial charge in [0.05, 0.1) is 0 Å². The minimum atomic E-state index is 0.628. The van der Waals surface area contributed by atoms with Crippen molar-refractivity contribution in [2.75, 3.05) is 0 Å². The summed E-state index contributed by atoms with van der Waals surface area (Å²) in [5.74, 6) is 1.54. The molecule has 1 N–H and O–H groups in total. The molecule has 1 aromatic rings. The second kappa shape index (κ2) is 4.55. The Morgan fingerprint density at radius 2 is 2.00 bits per heavy atom. The lowest BCUT2D eigenvalue weighted by Gasteiger charge is -2.19. The number of nitrogens with one attached hydrogen (secondary N) is 1. The third-order valence-electron chi connectivity index (χ3n) is 1.68. The van der Waals surface area contributed by atoms with Crippen molar-refractivity contribution >= 4 is 0 Å². The van der Waals surface area contributed by atoms with Gasteiger partial charge < -0.3 is 10.1 Å². The number of fused-ring (bicyclic) bond motifs is 1. The minimum Gasteiger partial charge on any atom is -0.442 e. The van der Waals surface area contributed by atoms with Crippen LogP contribution in [-0.2, 0) is 6.54 Å². The van der Waals surface area contributed by atoms with E-state index < -0.39 is 0 Å². The van der Waals surface area contributed by atoms with Gasteiger partial charge in [-0.1, -0.05) is 32.0 Å². The molecule has 0 aromatic heterocycles. The van der Waals surface area contributed by atoms with Crippen LogP contribution in [0.25, 0.3) is 0 Å². The van der Waals surface area contributed by atoms with Gasteiger partial charge >= 0.3 is 0 Å². The summed E-state index contributed by atoms with van der Waals surface area (Å²) in [7, 11) is 0. The van der Waals surface area contributed by atoms with Crippen molar-refractivity contribution in [3.8, 4) is 5.75 Å². The molecule has 1 heterocycles. The maximum Gasteiger partial charge on any atom is 0.186 e. The Morgan fingerprint density at radius 3 is 2.77 bits per heavy atom. The third-order valence-corrected chi connectivity index (χ3v) is 1.68. The summed E-state index contributed by atoms with van der Waals surface area (Å²) in [6.45, 7) is 8.49. The van der Waals surface area contributed by atoms with Crippen LogP contribution in [0.1, 0.15) is 19.4 Å². The molecule has 1 aromatic carbocycles. The molecule has 0 saturated carbocycles. The van der Waals surface area contributed by atoms with Gasteiger partial charge in [0.25, 0.3) is 0 Å². The third kappa shape index (κ3) is 2.25. The normalized spacial score (nSPS) is 12.9. The Labute approximate surface area is 79.2 Å². The lowest BCUT2D eigenvalue weighted by molar-refractivity contribution is 0.353. The van der Waals surface area contributed by atoms with Crippen LogP contribution in [0.4, 0.5) is 0 Å². The van der Waals surface area contributed by atoms with Crippen molar-refractivity contribution in [2.24, 2.45) is 0 Å². The molecular weight excluding hydrogens is 162 g/mol. The Balaban J connectivity index is 0.000000396. The van der Waals surface area contributed by atoms with E-state index in [0.717, 1.165) is 12.3 Å². The Kier molecular flexibility index (Phi) is 3.38. The second-order valence-electron chi connectivity index (χ2n) is 2.49. The van der Waals surface area contributed by atoms with Crippen LogP contribution in [-0.4, -0.2) is 0 Å². The number of ether oxygens (including phenoxy) is 1. The number of hydrogen-bond donors (Lipinski definition) is 1. The first kappa shape index (κ1) is 9.65. The number of rotatable bonds is 0. The van der Waals surface area contributed by atoms with E-state index >= 15 is 0 Å². The van der Waals surface area contributed by atoms with Crippen molar-refractivity contribution in [2.45, 2.75) is 20.4 Å². The maximum atomic E-state index is 5.33. The predicted molar refractivity (Wildman–Crippen MR) is 54.4 cm³/mol. The van der Waals surface area contributed by atoms with E-state index in [0.29, 0.717) is 5.88 Å². The van der Waals surface area contributed by atoms with Crippen LogP contribution < -0.4 is 10.1 Å². The van der Waals surface area contributed by atoms with Crippen LogP contribution in [0.15, 0.2) is 36.7 Å². The number of benzene rings is 1. The molecule has 0 bridgehead atoms. The van der Waals surface area contributed by atoms with Gasteiger partial charge in [-0.05, 0) is 12.6 Å². The predicted octanol–water partition coefficient (Wildman–Crippen LogP) is 2.67. The first-order valence-corrected chi connectivity index (χ1v) is 4.55. The molecule has 0 aliphatic carbocycles. The first-order chi connectivity index (χ1) is 6.36. The molecular formula is C11H15NO. The van der Waals surface area contributed by atoms with Crippen LogP contribution in [0.2, 0.25) is 0 Å². The molecule has 0 radical (unpaired) electrons. The zero-order chi connectivity index (χ0) is 9.68. The fourth-order valence-electron chi connectivity index (χ4n) is 1.11. The lowest BCUT2D eigenvalue weighted by atomic mass is 10.2. The lowest BCUT2D eigenvalue weighted by Crippen LogP contribution is -2.21. The van der Waals surface area contributed by atoms with Crippen LogP contribution in [0, 0.1) is 0 Å². The van der Waals surface area contributed by atoms with Gasteiger partial charge in [0.15, 0.2) is 5.88 Å².